The smallest absolute Gasteiger partial charge is 0.289 e. The van der Waals surface area contributed by atoms with Crippen LogP contribution in [0.3, 0.4) is 0 Å². The van der Waals surface area contributed by atoms with Gasteiger partial charge in [-0.25, -0.2) is 4.98 Å². The Kier molecular flexibility index (Phi) is 5.54. The van der Waals surface area contributed by atoms with Crippen LogP contribution >= 0.6 is 0 Å². The average molecular weight is 431 g/mol. The summed E-state index contributed by atoms with van der Waals surface area (Å²) in [6.07, 6.45) is 1.93. The summed E-state index contributed by atoms with van der Waals surface area (Å²) in [7, 11) is 1.61. The number of hydrogen-bond donors (Lipinski definition) is 1. The number of ether oxygens (including phenoxy) is 2. The molecule has 7 nitrogen and oxygen atoms in total. The van der Waals surface area contributed by atoms with E-state index in [1.54, 1.807) is 25.3 Å². The molecule has 0 spiro atoms. The van der Waals surface area contributed by atoms with Gasteiger partial charge in [-0.15, -0.1) is 0 Å². The first-order chi connectivity index (χ1) is 15.7. The maximum absolute atomic E-state index is 13.1. The van der Waals surface area contributed by atoms with Gasteiger partial charge in [0.2, 0.25) is 0 Å². The van der Waals surface area contributed by atoms with Crippen molar-refractivity contribution in [2.45, 2.75) is 25.4 Å². The number of amides is 1. The summed E-state index contributed by atoms with van der Waals surface area (Å²) in [4.78, 5) is 23.1. The minimum atomic E-state index is -0.0987. The van der Waals surface area contributed by atoms with Crippen LogP contribution < -0.4 is 9.47 Å². The quantitative estimate of drug-likeness (QED) is 0.476. The van der Waals surface area contributed by atoms with Crippen molar-refractivity contribution in [3.63, 3.8) is 0 Å². The van der Waals surface area contributed by atoms with Crippen LogP contribution in [0, 0.1) is 0 Å². The first-order valence-corrected chi connectivity index (χ1v) is 10.8. The lowest BCUT2D eigenvalue weighted by Gasteiger charge is -2.31. The van der Waals surface area contributed by atoms with Crippen molar-refractivity contribution in [2.75, 3.05) is 20.2 Å². The summed E-state index contributed by atoms with van der Waals surface area (Å²) in [6.45, 7) is 1.57. The Hall–Kier alpha value is -3.74. The van der Waals surface area contributed by atoms with Crippen LogP contribution in [-0.2, 0) is 6.61 Å². The molecule has 1 saturated heterocycles. The third-order valence-electron chi connectivity index (χ3n) is 5.80. The van der Waals surface area contributed by atoms with Gasteiger partial charge in [0.1, 0.15) is 29.7 Å². The first kappa shape index (κ1) is 20.2. The number of benzene rings is 2. The molecule has 1 atom stereocenters. The van der Waals surface area contributed by atoms with E-state index in [-0.39, 0.29) is 18.4 Å². The number of imidazole rings is 1. The third-order valence-corrected chi connectivity index (χ3v) is 5.80. The molecule has 4 aromatic rings. The molecule has 0 aliphatic carbocycles. The van der Waals surface area contributed by atoms with E-state index in [9.17, 15) is 4.79 Å². The molecule has 1 amide bonds. The number of rotatable bonds is 6. The second-order valence-corrected chi connectivity index (χ2v) is 7.96. The third kappa shape index (κ3) is 4.19. The second kappa shape index (κ2) is 8.78. The number of hydrogen-bond acceptors (Lipinski definition) is 5. The molecule has 2 aromatic carbocycles. The normalized spacial score (nSPS) is 16.3. The molecule has 1 aliphatic rings. The van der Waals surface area contributed by atoms with Gasteiger partial charge in [0.05, 0.1) is 18.1 Å². The number of methoxy groups -OCH3 is 1. The lowest BCUT2D eigenvalue weighted by atomic mass is 9.97. The fourth-order valence-corrected chi connectivity index (χ4v) is 4.12. The summed E-state index contributed by atoms with van der Waals surface area (Å²) in [6, 6.07) is 18.9. The molecule has 1 unspecified atom stereocenters. The van der Waals surface area contributed by atoms with Gasteiger partial charge >= 0.3 is 0 Å². The van der Waals surface area contributed by atoms with E-state index in [4.69, 9.17) is 18.9 Å². The molecular weight excluding hydrogens is 406 g/mol. The number of nitrogens with one attached hydrogen (secondary N) is 1. The lowest BCUT2D eigenvalue weighted by Crippen LogP contribution is -2.39. The monoisotopic (exact) mass is 431 g/mol. The largest absolute Gasteiger partial charge is 0.497 e. The molecule has 7 heteroatoms. The second-order valence-electron chi connectivity index (χ2n) is 7.96. The Labute approximate surface area is 186 Å². The van der Waals surface area contributed by atoms with Gasteiger partial charge in [-0.2, -0.15) is 0 Å². The van der Waals surface area contributed by atoms with Gasteiger partial charge < -0.3 is 23.8 Å². The van der Waals surface area contributed by atoms with Gasteiger partial charge in [0.15, 0.2) is 5.76 Å². The predicted octanol–water partition coefficient (Wildman–Crippen LogP) is 4.76. The van der Waals surface area contributed by atoms with Crippen molar-refractivity contribution in [1.29, 1.82) is 0 Å². The Morgan fingerprint density at radius 2 is 2.03 bits per heavy atom. The van der Waals surface area contributed by atoms with Crippen molar-refractivity contribution < 1.29 is 18.7 Å². The van der Waals surface area contributed by atoms with E-state index in [2.05, 4.69) is 4.98 Å². The SMILES string of the molecule is COc1cccc(OCc2ccc(C(=O)N3CCCC(c4nc5ccccc5[nH]4)C3)o2)c1. The number of carbonyl (C=O) groups is 1. The number of para-hydroxylation sites is 2. The number of H-pyrrole nitrogens is 1. The van der Waals surface area contributed by atoms with Crippen molar-refractivity contribution in [1.82, 2.24) is 14.9 Å². The molecule has 3 heterocycles. The molecule has 1 N–H and O–H groups in total. The van der Waals surface area contributed by atoms with Crippen LogP contribution in [0.2, 0.25) is 0 Å². The number of nitrogens with zero attached hydrogens (tertiary/aromatic N) is 2. The molecule has 32 heavy (non-hydrogen) atoms. The number of likely N-dealkylation sites (tertiary alicyclic amines) is 1. The van der Waals surface area contributed by atoms with E-state index < -0.39 is 0 Å². The van der Waals surface area contributed by atoms with Crippen LogP contribution in [0.1, 0.15) is 40.9 Å². The molecule has 0 saturated carbocycles. The summed E-state index contributed by atoms with van der Waals surface area (Å²) in [5.41, 5.74) is 1.98. The Balaban J connectivity index is 1.23. The van der Waals surface area contributed by atoms with E-state index in [0.717, 1.165) is 35.4 Å². The van der Waals surface area contributed by atoms with E-state index >= 15 is 0 Å². The van der Waals surface area contributed by atoms with Crippen LogP contribution in [0.5, 0.6) is 11.5 Å². The summed E-state index contributed by atoms with van der Waals surface area (Å²) in [5.74, 6) is 3.36. The molecular formula is C25H25N3O4. The highest BCUT2D eigenvalue weighted by molar-refractivity contribution is 5.91. The van der Waals surface area contributed by atoms with Crippen LogP contribution in [0.15, 0.2) is 65.1 Å². The zero-order chi connectivity index (χ0) is 21.9. The predicted molar refractivity (Wildman–Crippen MR) is 120 cm³/mol. The lowest BCUT2D eigenvalue weighted by molar-refractivity contribution is 0.0668. The maximum atomic E-state index is 13.1. The zero-order valence-electron chi connectivity index (χ0n) is 17.9. The summed E-state index contributed by atoms with van der Waals surface area (Å²) in [5, 5.41) is 0. The number of furan rings is 1. The van der Waals surface area contributed by atoms with E-state index in [1.165, 1.54) is 0 Å². The number of aromatic nitrogens is 2. The van der Waals surface area contributed by atoms with E-state index in [1.807, 2.05) is 47.4 Å². The Morgan fingerprint density at radius 3 is 2.91 bits per heavy atom. The van der Waals surface area contributed by atoms with Crippen LogP contribution in [0.4, 0.5) is 0 Å². The van der Waals surface area contributed by atoms with Crippen molar-refractivity contribution in [2.24, 2.45) is 0 Å². The average Bonchev–Trinajstić information content (AvgIpc) is 3.50. The van der Waals surface area contributed by atoms with Crippen molar-refractivity contribution in [3.8, 4) is 11.5 Å². The molecule has 1 fully saturated rings. The Bertz CT molecular complexity index is 1200. The van der Waals surface area contributed by atoms with Crippen molar-refractivity contribution >= 4 is 16.9 Å². The topological polar surface area (TPSA) is 80.6 Å². The van der Waals surface area contributed by atoms with Gasteiger partial charge in [0, 0.05) is 25.1 Å². The van der Waals surface area contributed by atoms with E-state index in [0.29, 0.717) is 30.4 Å². The minimum absolute atomic E-state index is 0.0987. The van der Waals surface area contributed by atoms with Crippen molar-refractivity contribution in [3.05, 3.63) is 78.0 Å². The fraction of sp³-hybridized carbons (Fsp3) is 0.280. The molecule has 2 aromatic heterocycles. The molecule has 164 valence electrons. The summed E-state index contributed by atoms with van der Waals surface area (Å²) >= 11 is 0. The first-order valence-electron chi connectivity index (χ1n) is 10.8. The molecule has 0 radical (unpaired) electrons. The number of carbonyl (C=O) groups excluding carboxylic acids is 1. The van der Waals surface area contributed by atoms with Gasteiger partial charge in [-0.05, 0) is 49.2 Å². The standard InChI is InChI=1S/C25H25N3O4/c1-30-18-7-4-8-19(14-18)31-16-20-11-12-23(32-20)25(29)28-13-5-6-17(15-28)24-26-21-9-2-3-10-22(21)27-24/h2-4,7-12,14,17H,5-6,13,15-16H2,1H3,(H,26,27). The van der Waals surface area contributed by atoms with Crippen LogP contribution in [0.25, 0.3) is 11.0 Å². The highest BCUT2D eigenvalue weighted by Gasteiger charge is 2.28. The number of piperidine rings is 1. The zero-order valence-corrected chi connectivity index (χ0v) is 17.9. The number of fused-ring (bicyclic) bond motifs is 1. The highest BCUT2D eigenvalue weighted by Crippen LogP contribution is 2.28. The van der Waals surface area contributed by atoms with Crippen LogP contribution in [-0.4, -0.2) is 41.0 Å². The highest BCUT2D eigenvalue weighted by atomic mass is 16.5. The molecule has 0 bridgehead atoms. The maximum Gasteiger partial charge on any atom is 0.289 e. The van der Waals surface area contributed by atoms with Gasteiger partial charge in [-0.1, -0.05) is 18.2 Å². The molecule has 5 rings (SSSR count). The van der Waals surface area contributed by atoms with Gasteiger partial charge in [-0.3, -0.25) is 4.79 Å². The molecule has 1 aliphatic heterocycles. The fourth-order valence-electron chi connectivity index (χ4n) is 4.12. The minimum Gasteiger partial charge on any atom is -0.497 e. The summed E-state index contributed by atoms with van der Waals surface area (Å²) < 4.78 is 16.8. The number of aromatic amines is 1. The van der Waals surface area contributed by atoms with Gasteiger partial charge in [0.25, 0.3) is 5.91 Å². The Morgan fingerprint density at radius 1 is 1.16 bits per heavy atom.